The first-order chi connectivity index (χ1) is 15.7. The van der Waals surface area contributed by atoms with Crippen molar-refractivity contribution in [3.8, 4) is 44.9 Å². The lowest BCUT2D eigenvalue weighted by Crippen LogP contribution is -1.87. The van der Waals surface area contributed by atoms with Crippen LogP contribution < -0.4 is 0 Å². The van der Waals surface area contributed by atoms with Crippen molar-refractivity contribution in [2.75, 3.05) is 0 Å². The molecule has 32 heavy (non-hydrogen) atoms. The molecule has 0 amide bonds. The Morgan fingerprint density at radius 2 is 0.750 bits per heavy atom. The molecule has 1 nitrogen and oxygen atoms in total. The van der Waals surface area contributed by atoms with Crippen molar-refractivity contribution >= 4 is 0 Å². The summed E-state index contributed by atoms with van der Waals surface area (Å²) in [6.07, 6.45) is 0. The van der Waals surface area contributed by atoms with Gasteiger partial charge in [-0.2, -0.15) is 0 Å². The third-order valence-corrected chi connectivity index (χ3v) is 5.79. The van der Waals surface area contributed by atoms with Gasteiger partial charge in [-0.15, -0.1) is 0 Å². The fourth-order valence-corrected chi connectivity index (χ4v) is 3.87. The van der Waals surface area contributed by atoms with E-state index in [0.29, 0.717) is 0 Å². The monoisotopic (exact) mass is 413 g/mol. The zero-order chi connectivity index (χ0) is 21.9. The summed E-state index contributed by atoms with van der Waals surface area (Å²) < 4.78 is 6.38. The van der Waals surface area contributed by atoms with Crippen LogP contribution in [0.3, 0.4) is 0 Å². The maximum absolute atomic E-state index is 6.38. The van der Waals surface area contributed by atoms with Crippen molar-refractivity contribution in [3.05, 3.63) is 126 Å². The fourth-order valence-electron chi connectivity index (χ4n) is 3.87. The highest BCUT2D eigenvalue weighted by Gasteiger charge is 2.20. The van der Waals surface area contributed by atoms with E-state index in [-0.39, 0.29) is 0 Å². The lowest BCUT2D eigenvalue weighted by atomic mass is 9.98. The van der Waals surface area contributed by atoms with Crippen LogP contribution in [-0.2, 0) is 0 Å². The van der Waals surface area contributed by atoms with Crippen LogP contribution in [0, 0.1) is 13.8 Å². The predicted octanol–water partition coefficient (Wildman–Crippen LogP) is 8.85. The van der Waals surface area contributed by atoms with Crippen LogP contribution >= 0.6 is 0 Å². The van der Waals surface area contributed by atoms with E-state index in [2.05, 4.69) is 123 Å². The molecule has 0 unspecified atom stereocenters. The minimum absolute atomic E-state index is 0.866. The first-order valence-corrected chi connectivity index (χ1v) is 10.9. The summed E-state index contributed by atoms with van der Waals surface area (Å²) in [6.45, 7) is 4.20. The Morgan fingerprint density at radius 3 is 1.22 bits per heavy atom. The zero-order valence-corrected chi connectivity index (χ0v) is 18.4. The second-order valence-electron chi connectivity index (χ2n) is 8.25. The number of aryl methyl sites for hydroxylation is 2. The lowest BCUT2D eigenvalue weighted by molar-refractivity contribution is 0.582. The molecule has 0 spiro atoms. The minimum atomic E-state index is 0.866. The molecule has 4 aromatic carbocycles. The van der Waals surface area contributed by atoms with Crippen LogP contribution in [-0.4, -0.2) is 0 Å². The van der Waals surface area contributed by atoms with Crippen molar-refractivity contribution in [2.45, 2.75) is 13.8 Å². The van der Waals surface area contributed by atoms with Gasteiger partial charge >= 0.3 is 11.5 Å². The molecular formula is C31H25O+. The van der Waals surface area contributed by atoms with E-state index < -0.39 is 0 Å². The Hall–Kier alpha value is -3.97. The molecule has 0 atom stereocenters. The predicted molar refractivity (Wildman–Crippen MR) is 134 cm³/mol. The summed E-state index contributed by atoms with van der Waals surface area (Å²) in [7, 11) is 0. The van der Waals surface area contributed by atoms with Crippen molar-refractivity contribution in [3.63, 3.8) is 0 Å². The third kappa shape index (κ3) is 4.24. The van der Waals surface area contributed by atoms with Crippen LogP contribution in [0.15, 0.2) is 120 Å². The summed E-state index contributed by atoms with van der Waals surface area (Å²) in [4.78, 5) is 0. The van der Waals surface area contributed by atoms with Gasteiger partial charge in [0.2, 0.25) is 0 Å². The van der Waals surface area contributed by atoms with Crippen molar-refractivity contribution < 1.29 is 4.42 Å². The molecule has 1 aromatic heterocycles. The van der Waals surface area contributed by atoms with Crippen molar-refractivity contribution in [1.29, 1.82) is 0 Å². The van der Waals surface area contributed by atoms with Gasteiger partial charge in [0, 0.05) is 5.56 Å². The Bertz CT molecular complexity index is 1270. The Morgan fingerprint density at radius 1 is 0.375 bits per heavy atom. The Balaban J connectivity index is 1.60. The van der Waals surface area contributed by atoms with E-state index in [1.807, 2.05) is 6.07 Å². The van der Waals surface area contributed by atoms with Gasteiger partial charge in [-0.1, -0.05) is 90.0 Å². The average Bonchev–Trinajstić information content (AvgIpc) is 2.85. The SMILES string of the molecule is Cc1ccc(-c2cc(-c3ccc(-c4ccccc4)cc3)cc(-c3ccc(C)cc3)[o+]2)cc1. The van der Waals surface area contributed by atoms with Gasteiger partial charge in [0.25, 0.3) is 0 Å². The molecule has 0 saturated carbocycles. The smallest absolute Gasteiger partial charge is 0.207 e. The van der Waals surface area contributed by atoms with E-state index in [4.69, 9.17) is 4.42 Å². The topological polar surface area (TPSA) is 11.3 Å². The van der Waals surface area contributed by atoms with Crippen molar-refractivity contribution in [1.82, 2.24) is 0 Å². The first-order valence-electron chi connectivity index (χ1n) is 10.9. The highest BCUT2D eigenvalue weighted by atomic mass is 16.3. The van der Waals surface area contributed by atoms with Gasteiger partial charge in [0.05, 0.1) is 23.3 Å². The Kier molecular flexibility index (Phi) is 5.39. The molecule has 1 heteroatoms. The summed E-state index contributed by atoms with van der Waals surface area (Å²) in [5.41, 5.74) is 9.37. The van der Waals surface area contributed by atoms with Gasteiger partial charge in [0.1, 0.15) is 0 Å². The summed E-state index contributed by atoms with van der Waals surface area (Å²) in [5.74, 6) is 1.73. The Labute approximate surface area is 189 Å². The molecular weight excluding hydrogens is 388 g/mol. The van der Waals surface area contributed by atoms with Gasteiger partial charge < -0.3 is 0 Å². The third-order valence-electron chi connectivity index (χ3n) is 5.79. The molecule has 0 N–H and O–H groups in total. The maximum Gasteiger partial charge on any atom is 0.361 e. The molecule has 0 fully saturated rings. The van der Waals surface area contributed by atoms with Gasteiger partial charge in [-0.3, -0.25) is 0 Å². The second-order valence-corrected chi connectivity index (χ2v) is 8.25. The molecule has 0 bridgehead atoms. The summed E-state index contributed by atoms with van der Waals surface area (Å²) in [6, 6.07) is 40.5. The largest absolute Gasteiger partial charge is 0.361 e. The number of benzene rings is 4. The van der Waals surface area contributed by atoms with Crippen molar-refractivity contribution in [2.24, 2.45) is 0 Å². The van der Waals surface area contributed by atoms with E-state index >= 15 is 0 Å². The van der Waals surface area contributed by atoms with Crippen LogP contribution in [0.25, 0.3) is 44.9 Å². The van der Waals surface area contributed by atoms with Gasteiger partial charge in [-0.05, 0) is 54.8 Å². The maximum atomic E-state index is 6.38. The standard InChI is InChI=1S/C31H25O/c1-22-8-12-27(13-9-22)30-20-29(21-31(32-30)28-14-10-23(2)11-15-28)26-18-16-25(17-19-26)24-6-4-3-5-7-24/h3-21H,1-2H3/q+1. The molecule has 0 aliphatic carbocycles. The van der Waals surface area contributed by atoms with Crippen LogP contribution in [0.1, 0.15) is 11.1 Å². The molecule has 0 radical (unpaired) electrons. The molecule has 1 heterocycles. The van der Waals surface area contributed by atoms with E-state index in [9.17, 15) is 0 Å². The average molecular weight is 414 g/mol. The molecule has 0 aliphatic rings. The number of rotatable bonds is 4. The van der Waals surface area contributed by atoms with E-state index in [1.165, 1.54) is 27.8 Å². The van der Waals surface area contributed by atoms with Crippen LogP contribution in [0.4, 0.5) is 0 Å². The number of hydrogen-bond acceptors (Lipinski definition) is 0. The van der Waals surface area contributed by atoms with Gasteiger partial charge in [-0.25, -0.2) is 4.42 Å². The highest BCUT2D eigenvalue weighted by molar-refractivity contribution is 5.76. The van der Waals surface area contributed by atoms with Crippen LogP contribution in [0.5, 0.6) is 0 Å². The first kappa shape index (κ1) is 20.0. The van der Waals surface area contributed by atoms with Crippen LogP contribution in [0.2, 0.25) is 0 Å². The quantitative estimate of drug-likeness (QED) is 0.268. The minimum Gasteiger partial charge on any atom is -0.207 e. The highest BCUT2D eigenvalue weighted by Crippen LogP contribution is 2.34. The molecule has 5 aromatic rings. The lowest BCUT2D eigenvalue weighted by Gasteiger charge is -2.05. The van der Waals surface area contributed by atoms with Gasteiger partial charge in [0.15, 0.2) is 0 Å². The molecule has 5 rings (SSSR count). The summed E-state index contributed by atoms with van der Waals surface area (Å²) >= 11 is 0. The molecule has 0 aliphatic heterocycles. The number of hydrogen-bond donors (Lipinski definition) is 0. The molecule has 154 valence electrons. The van der Waals surface area contributed by atoms with E-state index in [1.54, 1.807) is 0 Å². The summed E-state index contributed by atoms with van der Waals surface area (Å²) in [5, 5.41) is 0. The van der Waals surface area contributed by atoms with E-state index in [0.717, 1.165) is 28.2 Å². The normalized spacial score (nSPS) is 10.8. The zero-order valence-electron chi connectivity index (χ0n) is 18.4. The fraction of sp³-hybridized carbons (Fsp3) is 0.0645. The second kappa shape index (κ2) is 8.64. The molecule has 0 saturated heterocycles.